The Kier molecular flexibility index (Phi) is 9.16. The summed E-state index contributed by atoms with van der Waals surface area (Å²) in [4.78, 5) is 15.8. The molecular weight excluding hydrogens is 491 g/mol. The second-order valence-corrected chi connectivity index (χ2v) is 5.54. The van der Waals surface area contributed by atoms with Gasteiger partial charge in [0.15, 0.2) is 5.96 Å². The van der Waals surface area contributed by atoms with E-state index in [1.807, 2.05) is 0 Å². The lowest BCUT2D eigenvalue weighted by Gasteiger charge is -2.13. The van der Waals surface area contributed by atoms with Crippen LogP contribution in [0.3, 0.4) is 0 Å². The second-order valence-electron chi connectivity index (χ2n) is 5.54. The highest BCUT2D eigenvalue weighted by Crippen LogP contribution is 2.29. The number of halogens is 5. The second kappa shape index (κ2) is 10.8. The maximum Gasteiger partial charge on any atom is 0.416 e. The molecule has 2 rings (SSSR count). The summed E-state index contributed by atoms with van der Waals surface area (Å²) in [6.07, 6.45) is -4.41. The van der Waals surface area contributed by atoms with Gasteiger partial charge in [0.2, 0.25) is 5.91 Å². The van der Waals surface area contributed by atoms with Crippen molar-refractivity contribution in [2.24, 2.45) is 4.99 Å². The van der Waals surface area contributed by atoms with Crippen molar-refractivity contribution in [3.8, 4) is 0 Å². The van der Waals surface area contributed by atoms with Crippen LogP contribution in [0.15, 0.2) is 53.5 Å². The van der Waals surface area contributed by atoms with Crippen LogP contribution in [0.1, 0.15) is 11.1 Å². The summed E-state index contributed by atoms with van der Waals surface area (Å²) in [5.41, 5.74) is -0.00934. The van der Waals surface area contributed by atoms with Crippen molar-refractivity contribution in [1.29, 1.82) is 0 Å². The fourth-order valence-corrected chi connectivity index (χ4v) is 2.20. The Bertz CT molecular complexity index is 827. The lowest BCUT2D eigenvalue weighted by molar-refractivity contribution is -0.137. The Morgan fingerprint density at radius 2 is 1.79 bits per heavy atom. The van der Waals surface area contributed by atoms with Gasteiger partial charge in [-0.2, -0.15) is 13.2 Å². The molecule has 0 spiro atoms. The Labute approximate surface area is 176 Å². The SMILES string of the molecule is CN=C(NCC(=O)Nc1cccc(F)c1)NCc1cccc(C(F)(F)F)c1.I. The minimum atomic E-state index is -4.41. The van der Waals surface area contributed by atoms with Crippen molar-refractivity contribution in [3.05, 3.63) is 65.5 Å². The fraction of sp³-hybridized carbons (Fsp3) is 0.222. The van der Waals surface area contributed by atoms with E-state index in [2.05, 4.69) is 20.9 Å². The number of hydrogen-bond acceptors (Lipinski definition) is 2. The van der Waals surface area contributed by atoms with E-state index < -0.39 is 23.5 Å². The van der Waals surface area contributed by atoms with Crippen molar-refractivity contribution in [2.75, 3.05) is 18.9 Å². The topological polar surface area (TPSA) is 65.5 Å². The zero-order valence-electron chi connectivity index (χ0n) is 14.8. The zero-order chi connectivity index (χ0) is 19.9. The number of rotatable bonds is 5. The van der Waals surface area contributed by atoms with Crippen LogP contribution in [-0.2, 0) is 17.5 Å². The van der Waals surface area contributed by atoms with Crippen LogP contribution in [0.5, 0.6) is 0 Å². The van der Waals surface area contributed by atoms with Crippen molar-refractivity contribution >= 4 is 41.5 Å². The number of nitrogens with zero attached hydrogens (tertiary/aromatic N) is 1. The van der Waals surface area contributed by atoms with E-state index in [1.165, 1.54) is 31.3 Å². The maximum absolute atomic E-state index is 13.1. The summed E-state index contributed by atoms with van der Waals surface area (Å²) in [7, 11) is 1.46. The molecule has 0 saturated carbocycles. The highest BCUT2D eigenvalue weighted by atomic mass is 127. The molecule has 152 valence electrons. The summed E-state index contributed by atoms with van der Waals surface area (Å²) in [5.74, 6) is -0.663. The number of carbonyl (C=O) groups is 1. The molecule has 0 atom stereocenters. The third-order valence-corrected chi connectivity index (χ3v) is 3.46. The molecule has 10 heteroatoms. The van der Waals surface area contributed by atoms with Crippen LogP contribution < -0.4 is 16.0 Å². The first-order valence-electron chi connectivity index (χ1n) is 7.94. The van der Waals surface area contributed by atoms with E-state index in [0.29, 0.717) is 11.3 Å². The molecule has 2 aromatic rings. The summed E-state index contributed by atoms with van der Waals surface area (Å²) >= 11 is 0. The molecule has 0 saturated heterocycles. The highest BCUT2D eigenvalue weighted by Gasteiger charge is 2.30. The van der Waals surface area contributed by atoms with Gasteiger partial charge in [0.25, 0.3) is 0 Å². The van der Waals surface area contributed by atoms with Crippen molar-refractivity contribution in [1.82, 2.24) is 10.6 Å². The average molecular weight is 510 g/mol. The Balaban J connectivity index is 0.00000392. The Morgan fingerprint density at radius 3 is 2.43 bits per heavy atom. The van der Waals surface area contributed by atoms with Gasteiger partial charge in [-0.05, 0) is 35.9 Å². The molecule has 0 fully saturated rings. The summed E-state index contributed by atoms with van der Waals surface area (Å²) in [6, 6.07) is 10.3. The summed E-state index contributed by atoms with van der Waals surface area (Å²) in [5, 5.41) is 8.07. The molecule has 0 heterocycles. The van der Waals surface area contributed by atoms with E-state index in [1.54, 1.807) is 12.1 Å². The maximum atomic E-state index is 13.1. The minimum absolute atomic E-state index is 0. The highest BCUT2D eigenvalue weighted by molar-refractivity contribution is 14.0. The molecule has 1 amide bonds. The first-order chi connectivity index (χ1) is 12.8. The van der Waals surface area contributed by atoms with E-state index in [0.717, 1.165) is 12.1 Å². The summed E-state index contributed by atoms with van der Waals surface area (Å²) < 4.78 is 51.2. The first-order valence-corrected chi connectivity index (χ1v) is 7.94. The fourth-order valence-electron chi connectivity index (χ4n) is 2.20. The summed E-state index contributed by atoms with van der Waals surface area (Å²) in [6.45, 7) is -0.0616. The normalized spacial score (nSPS) is 11.4. The van der Waals surface area contributed by atoms with Gasteiger partial charge >= 0.3 is 6.18 Å². The van der Waals surface area contributed by atoms with Crippen molar-refractivity contribution in [3.63, 3.8) is 0 Å². The predicted molar refractivity (Wildman–Crippen MR) is 110 cm³/mol. The molecule has 0 aromatic heterocycles. The van der Waals surface area contributed by atoms with Crippen LogP contribution in [0.4, 0.5) is 23.2 Å². The van der Waals surface area contributed by atoms with E-state index in [-0.39, 0.29) is 43.0 Å². The Morgan fingerprint density at radius 1 is 1.07 bits per heavy atom. The number of hydrogen-bond donors (Lipinski definition) is 3. The monoisotopic (exact) mass is 510 g/mol. The number of alkyl halides is 3. The number of aliphatic imine (C=N–C) groups is 1. The van der Waals surface area contributed by atoms with Gasteiger partial charge in [-0.15, -0.1) is 24.0 Å². The molecule has 28 heavy (non-hydrogen) atoms. The number of benzene rings is 2. The number of amides is 1. The van der Waals surface area contributed by atoms with Crippen LogP contribution in [0.25, 0.3) is 0 Å². The van der Waals surface area contributed by atoms with Gasteiger partial charge in [0.1, 0.15) is 5.82 Å². The van der Waals surface area contributed by atoms with E-state index in [4.69, 9.17) is 0 Å². The third kappa shape index (κ3) is 7.71. The zero-order valence-corrected chi connectivity index (χ0v) is 17.1. The van der Waals surface area contributed by atoms with Gasteiger partial charge in [0, 0.05) is 19.3 Å². The molecule has 0 unspecified atom stereocenters. The molecule has 0 bridgehead atoms. The minimum Gasteiger partial charge on any atom is -0.352 e. The quantitative estimate of drug-likeness (QED) is 0.249. The Hall–Kier alpha value is -2.37. The van der Waals surface area contributed by atoms with Crippen LogP contribution >= 0.6 is 24.0 Å². The third-order valence-electron chi connectivity index (χ3n) is 3.46. The lowest BCUT2D eigenvalue weighted by atomic mass is 10.1. The average Bonchev–Trinajstić information content (AvgIpc) is 2.61. The van der Waals surface area contributed by atoms with Gasteiger partial charge < -0.3 is 16.0 Å². The standard InChI is InChI=1S/C18H18F4N4O.HI/c1-23-17(24-10-12-4-2-5-13(8-12)18(20,21)22)25-11-16(27)26-15-7-3-6-14(19)9-15;/h2-9H,10-11H2,1H3,(H,26,27)(H2,23,24,25);1H. The van der Waals surface area contributed by atoms with Gasteiger partial charge in [-0.3, -0.25) is 9.79 Å². The lowest BCUT2D eigenvalue weighted by Crippen LogP contribution is -2.41. The number of anilines is 1. The largest absolute Gasteiger partial charge is 0.416 e. The van der Waals surface area contributed by atoms with Crippen LogP contribution in [0, 0.1) is 5.82 Å². The van der Waals surface area contributed by atoms with Crippen molar-refractivity contribution < 1.29 is 22.4 Å². The van der Waals surface area contributed by atoms with Gasteiger partial charge in [-0.25, -0.2) is 4.39 Å². The first kappa shape index (κ1) is 23.7. The number of nitrogens with one attached hydrogen (secondary N) is 3. The van der Waals surface area contributed by atoms with Gasteiger partial charge in [0.05, 0.1) is 12.1 Å². The van der Waals surface area contributed by atoms with Crippen LogP contribution in [0.2, 0.25) is 0 Å². The van der Waals surface area contributed by atoms with Crippen molar-refractivity contribution in [2.45, 2.75) is 12.7 Å². The molecule has 3 N–H and O–H groups in total. The molecular formula is C18H19F4IN4O. The number of carbonyl (C=O) groups excluding carboxylic acids is 1. The predicted octanol–water partition coefficient (Wildman–Crippen LogP) is 3.77. The smallest absolute Gasteiger partial charge is 0.352 e. The van der Waals surface area contributed by atoms with E-state index in [9.17, 15) is 22.4 Å². The van der Waals surface area contributed by atoms with E-state index >= 15 is 0 Å². The molecule has 2 aromatic carbocycles. The molecule has 0 aliphatic rings. The van der Waals surface area contributed by atoms with Gasteiger partial charge in [-0.1, -0.05) is 18.2 Å². The number of guanidine groups is 1. The molecule has 0 radical (unpaired) electrons. The molecule has 0 aliphatic carbocycles. The molecule has 0 aliphatic heterocycles. The molecule has 5 nitrogen and oxygen atoms in total. The van der Waals surface area contributed by atoms with Crippen LogP contribution in [-0.4, -0.2) is 25.5 Å².